The van der Waals surface area contributed by atoms with Gasteiger partial charge in [-0.05, 0) is 51.4 Å². The van der Waals surface area contributed by atoms with E-state index in [1.807, 2.05) is 0 Å². The highest BCUT2D eigenvalue weighted by Crippen LogP contribution is 2.36. The van der Waals surface area contributed by atoms with Gasteiger partial charge < -0.3 is 15.5 Å². The topological polar surface area (TPSA) is 94.4 Å². The third-order valence-electron chi connectivity index (χ3n) is 4.80. The zero-order chi connectivity index (χ0) is 21.2. The Hall–Kier alpha value is -2.46. The van der Waals surface area contributed by atoms with Crippen LogP contribution in [0.15, 0.2) is 18.2 Å². The smallest absolute Gasteiger partial charge is 0.416 e. The van der Waals surface area contributed by atoms with Crippen LogP contribution in [0, 0.1) is 6.92 Å². The van der Waals surface area contributed by atoms with Crippen LogP contribution in [-0.2, 0) is 6.18 Å². The van der Waals surface area contributed by atoms with Crippen molar-refractivity contribution in [1.82, 2.24) is 20.1 Å². The van der Waals surface area contributed by atoms with E-state index in [4.69, 9.17) is 0 Å². The zero-order valence-corrected chi connectivity index (χ0v) is 16.2. The quantitative estimate of drug-likeness (QED) is 0.697. The Kier molecular flexibility index (Phi) is 6.23. The van der Waals surface area contributed by atoms with Crippen molar-refractivity contribution in [3.05, 3.63) is 29.5 Å². The molecule has 7 nitrogen and oxygen atoms in total. The number of benzene rings is 1. The van der Waals surface area contributed by atoms with Gasteiger partial charge in [-0.15, -0.1) is 10.2 Å². The molecule has 3 N–H and O–H groups in total. The molecule has 0 amide bonds. The van der Waals surface area contributed by atoms with Crippen LogP contribution >= 0.6 is 0 Å². The highest BCUT2D eigenvalue weighted by molar-refractivity contribution is 5.69. The second-order valence-electron chi connectivity index (χ2n) is 7.39. The number of aromatic hydroxyl groups is 1. The van der Waals surface area contributed by atoms with Crippen LogP contribution in [0.25, 0.3) is 11.3 Å². The third-order valence-corrected chi connectivity index (χ3v) is 4.80. The van der Waals surface area contributed by atoms with Gasteiger partial charge in [-0.2, -0.15) is 13.2 Å². The van der Waals surface area contributed by atoms with Gasteiger partial charge in [0.15, 0.2) is 0 Å². The highest BCUT2D eigenvalue weighted by Gasteiger charge is 2.31. The zero-order valence-electron chi connectivity index (χ0n) is 16.2. The number of halogens is 3. The maximum Gasteiger partial charge on any atom is 0.416 e. The summed E-state index contributed by atoms with van der Waals surface area (Å²) in [7, 11) is 0. The summed E-state index contributed by atoms with van der Waals surface area (Å²) in [5, 5.41) is 30.9. The number of alkyl halides is 3. The van der Waals surface area contributed by atoms with Crippen molar-refractivity contribution in [3.63, 3.8) is 0 Å². The van der Waals surface area contributed by atoms with E-state index in [1.54, 1.807) is 13.8 Å². The van der Waals surface area contributed by atoms with E-state index in [9.17, 15) is 23.4 Å². The molecule has 2 aromatic rings. The van der Waals surface area contributed by atoms with E-state index in [2.05, 4.69) is 25.4 Å². The molecule has 158 valence electrons. The first-order chi connectivity index (χ1) is 13.6. The Morgan fingerprint density at radius 1 is 1.31 bits per heavy atom. The summed E-state index contributed by atoms with van der Waals surface area (Å²) in [6, 6.07) is 2.83. The van der Waals surface area contributed by atoms with E-state index in [0.29, 0.717) is 24.3 Å². The number of phenolic OH excluding ortho intramolecular Hbond substituents is 1. The number of piperidine rings is 1. The molecule has 1 aromatic carbocycles. The first kappa shape index (κ1) is 21.3. The van der Waals surface area contributed by atoms with Crippen LogP contribution in [0.1, 0.15) is 31.0 Å². The summed E-state index contributed by atoms with van der Waals surface area (Å²) < 4.78 is 38.3. The lowest BCUT2D eigenvalue weighted by Gasteiger charge is -2.33. The highest BCUT2D eigenvalue weighted by atomic mass is 19.4. The van der Waals surface area contributed by atoms with E-state index >= 15 is 0 Å². The molecule has 10 heteroatoms. The molecule has 0 radical (unpaired) electrons. The van der Waals surface area contributed by atoms with E-state index in [1.165, 1.54) is 6.07 Å². The Labute approximate surface area is 166 Å². The van der Waals surface area contributed by atoms with Crippen LogP contribution in [0.4, 0.5) is 19.1 Å². The molecule has 1 aliphatic heterocycles. The van der Waals surface area contributed by atoms with Crippen LogP contribution in [-0.4, -0.2) is 62.1 Å². The van der Waals surface area contributed by atoms with Gasteiger partial charge in [-0.25, -0.2) is 4.98 Å². The van der Waals surface area contributed by atoms with Crippen LogP contribution < -0.4 is 5.32 Å². The summed E-state index contributed by atoms with van der Waals surface area (Å²) in [4.78, 5) is 6.52. The summed E-state index contributed by atoms with van der Waals surface area (Å²) >= 11 is 0. The van der Waals surface area contributed by atoms with Gasteiger partial charge in [0.25, 0.3) is 0 Å². The number of β-amino-alcohol motifs (C(OH)–C–C–N with tert-alkyl or cyclic N) is 1. The minimum Gasteiger partial charge on any atom is -0.507 e. The van der Waals surface area contributed by atoms with Gasteiger partial charge in [0.2, 0.25) is 5.95 Å². The minimum absolute atomic E-state index is 0.106. The lowest BCUT2D eigenvalue weighted by Crippen LogP contribution is -2.44. The number of rotatable bonds is 5. The number of aromatic nitrogens is 3. The second-order valence-corrected chi connectivity index (χ2v) is 7.39. The molecule has 2 atom stereocenters. The predicted octanol–water partition coefficient (Wildman–Crippen LogP) is 2.83. The van der Waals surface area contributed by atoms with Crippen molar-refractivity contribution in [2.75, 3.05) is 25.0 Å². The molecule has 0 aliphatic carbocycles. The summed E-state index contributed by atoms with van der Waals surface area (Å²) in [5.74, 6) is -0.206. The van der Waals surface area contributed by atoms with Crippen molar-refractivity contribution in [1.29, 1.82) is 0 Å². The van der Waals surface area contributed by atoms with E-state index < -0.39 is 23.6 Å². The molecule has 0 saturated carbocycles. The molecule has 1 saturated heterocycles. The number of phenols is 1. The van der Waals surface area contributed by atoms with Gasteiger partial charge in [0.1, 0.15) is 11.4 Å². The van der Waals surface area contributed by atoms with Crippen LogP contribution in [0.3, 0.4) is 0 Å². The number of hydrogen-bond acceptors (Lipinski definition) is 7. The molecule has 0 bridgehead atoms. The summed E-state index contributed by atoms with van der Waals surface area (Å²) in [6.07, 6.45) is -3.02. The number of aliphatic hydroxyl groups is 1. The third kappa shape index (κ3) is 5.33. The Balaban J connectivity index is 1.74. The van der Waals surface area contributed by atoms with Gasteiger partial charge in [-0.3, -0.25) is 4.90 Å². The lowest BCUT2D eigenvalue weighted by atomic mass is 10.1. The Morgan fingerprint density at radius 2 is 2.07 bits per heavy atom. The molecule has 1 fully saturated rings. The number of likely N-dealkylation sites (tertiary alicyclic amines) is 1. The average molecular weight is 411 g/mol. The first-order valence-corrected chi connectivity index (χ1v) is 9.42. The average Bonchev–Trinajstić information content (AvgIpc) is 2.61. The largest absolute Gasteiger partial charge is 0.507 e. The van der Waals surface area contributed by atoms with Crippen molar-refractivity contribution in [2.24, 2.45) is 0 Å². The molecule has 3 rings (SSSR count). The number of aryl methyl sites for hydroxylation is 1. The fraction of sp³-hybridized carbons (Fsp3) is 0.526. The van der Waals surface area contributed by atoms with Crippen LogP contribution in [0.5, 0.6) is 5.75 Å². The van der Waals surface area contributed by atoms with Gasteiger partial charge in [0, 0.05) is 24.7 Å². The first-order valence-electron chi connectivity index (χ1n) is 9.42. The maximum absolute atomic E-state index is 12.8. The fourth-order valence-electron chi connectivity index (χ4n) is 3.52. The molecule has 1 aromatic heterocycles. The molecule has 29 heavy (non-hydrogen) atoms. The maximum atomic E-state index is 12.8. The number of anilines is 1. The monoisotopic (exact) mass is 411 g/mol. The fourth-order valence-corrected chi connectivity index (χ4v) is 3.52. The molecule has 0 spiro atoms. The molecular formula is C19H24F3N5O2. The normalized spacial score (nSPS) is 19.2. The van der Waals surface area contributed by atoms with Gasteiger partial charge in [0.05, 0.1) is 17.4 Å². The van der Waals surface area contributed by atoms with E-state index in [-0.39, 0.29) is 17.3 Å². The second kappa shape index (κ2) is 8.50. The molecular weight excluding hydrogens is 387 g/mol. The Bertz CT molecular complexity index is 860. The number of nitrogens with one attached hydrogen (secondary N) is 1. The predicted molar refractivity (Wildman–Crippen MR) is 101 cm³/mol. The number of nitrogens with zero attached hydrogens (tertiary/aromatic N) is 4. The SMILES string of the molecule is Cc1nc(N[C@@H]2CCCN(C[C@@H](C)O)C2)nnc1-c1ccc(C(F)(F)F)cc1O. The van der Waals surface area contributed by atoms with Gasteiger partial charge >= 0.3 is 6.18 Å². The molecule has 0 unspecified atom stereocenters. The van der Waals surface area contributed by atoms with Crippen molar-refractivity contribution in [3.8, 4) is 17.0 Å². The summed E-state index contributed by atoms with van der Waals surface area (Å²) in [6.45, 7) is 5.68. The molecule has 1 aliphatic rings. The summed E-state index contributed by atoms with van der Waals surface area (Å²) in [5.41, 5.74) is -0.132. The lowest BCUT2D eigenvalue weighted by molar-refractivity contribution is -0.137. The van der Waals surface area contributed by atoms with E-state index in [0.717, 1.165) is 32.0 Å². The van der Waals surface area contributed by atoms with Crippen molar-refractivity contribution >= 4 is 5.95 Å². The molecule has 2 heterocycles. The van der Waals surface area contributed by atoms with Crippen molar-refractivity contribution in [2.45, 2.75) is 45.0 Å². The van der Waals surface area contributed by atoms with Crippen molar-refractivity contribution < 1.29 is 23.4 Å². The number of hydrogen-bond donors (Lipinski definition) is 3. The Morgan fingerprint density at radius 3 is 2.69 bits per heavy atom. The van der Waals surface area contributed by atoms with Gasteiger partial charge in [-0.1, -0.05) is 0 Å². The van der Waals surface area contributed by atoms with Crippen LogP contribution in [0.2, 0.25) is 0 Å². The minimum atomic E-state index is -4.54. The number of aliphatic hydroxyl groups excluding tert-OH is 1. The standard InChI is InChI=1S/C19H24F3N5O2/c1-11(28)9-27-7-3-4-14(10-27)24-18-23-12(2)17(25-26-18)15-6-5-13(8-16(15)29)19(20,21)22/h5-6,8,11,14,28-29H,3-4,7,9-10H2,1-2H3,(H,23,24,26)/t11-,14-/m1/s1.